The number of hydrogen-bond acceptors (Lipinski definition) is 3. The molecule has 1 fully saturated rings. The zero-order valence-electron chi connectivity index (χ0n) is 10.5. The predicted molar refractivity (Wildman–Crippen MR) is 70.0 cm³/mol. The second-order valence-corrected chi connectivity index (χ2v) is 4.69. The topological polar surface area (TPSA) is 52.6 Å². The Morgan fingerprint density at radius 3 is 2.67 bits per heavy atom. The van der Waals surface area contributed by atoms with Crippen LogP contribution in [0.3, 0.4) is 0 Å². The van der Waals surface area contributed by atoms with Gasteiger partial charge in [0.2, 0.25) is 5.91 Å². The second kappa shape index (κ2) is 6.52. The monoisotopic (exact) mass is 248 g/mol. The molecule has 0 bridgehead atoms. The Hall–Kier alpha value is -1.39. The van der Waals surface area contributed by atoms with Crippen LogP contribution < -0.4 is 5.32 Å². The number of aliphatic hydroxyl groups excluding tert-OH is 1. The number of hydrogen-bond donors (Lipinski definition) is 2. The van der Waals surface area contributed by atoms with Crippen LogP contribution in [-0.2, 0) is 11.3 Å². The normalized spacial score (nSPS) is 14.8. The minimum Gasteiger partial charge on any atom is -0.395 e. The molecule has 1 aromatic rings. The number of aliphatic hydroxyl groups is 1. The van der Waals surface area contributed by atoms with Gasteiger partial charge in [-0.15, -0.1) is 0 Å². The van der Waals surface area contributed by atoms with E-state index in [0.29, 0.717) is 25.7 Å². The van der Waals surface area contributed by atoms with Gasteiger partial charge in [0.1, 0.15) is 0 Å². The highest BCUT2D eigenvalue weighted by Gasteiger charge is 2.29. The molecule has 0 saturated heterocycles. The number of carbonyl (C=O) groups excluding carboxylic acids is 1. The van der Waals surface area contributed by atoms with Gasteiger partial charge in [-0.05, 0) is 18.4 Å². The Bertz CT molecular complexity index is 377. The molecule has 1 aromatic carbocycles. The summed E-state index contributed by atoms with van der Waals surface area (Å²) in [5.74, 6) is 0.0270. The fourth-order valence-corrected chi connectivity index (χ4v) is 2.00. The molecule has 0 radical (unpaired) electrons. The third kappa shape index (κ3) is 4.13. The molecule has 0 unspecified atom stereocenters. The van der Waals surface area contributed by atoms with Gasteiger partial charge in [0.05, 0.1) is 13.2 Å². The van der Waals surface area contributed by atoms with Gasteiger partial charge in [-0.25, -0.2) is 0 Å². The van der Waals surface area contributed by atoms with Gasteiger partial charge in [0.15, 0.2) is 0 Å². The first-order valence-electron chi connectivity index (χ1n) is 6.45. The lowest BCUT2D eigenvalue weighted by atomic mass is 10.2. The molecular formula is C14H20N2O2. The zero-order chi connectivity index (χ0) is 12.8. The van der Waals surface area contributed by atoms with E-state index in [9.17, 15) is 4.79 Å². The van der Waals surface area contributed by atoms with Crippen LogP contribution in [0.1, 0.15) is 18.4 Å². The van der Waals surface area contributed by atoms with E-state index in [-0.39, 0.29) is 12.5 Å². The lowest BCUT2D eigenvalue weighted by molar-refractivity contribution is -0.122. The van der Waals surface area contributed by atoms with Crippen LogP contribution >= 0.6 is 0 Å². The van der Waals surface area contributed by atoms with E-state index in [0.717, 1.165) is 18.4 Å². The first-order chi connectivity index (χ1) is 8.79. The van der Waals surface area contributed by atoms with Crippen molar-refractivity contribution in [3.63, 3.8) is 0 Å². The summed E-state index contributed by atoms with van der Waals surface area (Å²) in [4.78, 5) is 13.9. The highest BCUT2D eigenvalue weighted by atomic mass is 16.3. The quantitative estimate of drug-likeness (QED) is 0.749. The van der Waals surface area contributed by atoms with Crippen LogP contribution in [0.4, 0.5) is 0 Å². The standard InChI is InChI=1S/C14H20N2O2/c17-9-8-16(13-6-7-13)11-14(18)15-10-12-4-2-1-3-5-12/h1-5,13,17H,6-11H2,(H,15,18). The molecule has 0 atom stereocenters. The molecule has 4 heteroatoms. The average molecular weight is 248 g/mol. The van der Waals surface area contributed by atoms with Crippen LogP contribution in [0.2, 0.25) is 0 Å². The van der Waals surface area contributed by atoms with Crippen LogP contribution in [0, 0.1) is 0 Å². The molecular weight excluding hydrogens is 228 g/mol. The van der Waals surface area contributed by atoms with E-state index >= 15 is 0 Å². The molecule has 2 rings (SSSR count). The molecule has 1 aliphatic carbocycles. The van der Waals surface area contributed by atoms with Crippen molar-refractivity contribution in [1.29, 1.82) is 0 Å². The number of carbonyl (C=O) groups is 1. The number of benzene rings is 1. The number of nitrogens with zero attached hydrogens (tertiary/aromatic N) is 1. The van der Waals surface area contributed by atoms with Gasteiger partial charge in [-0.1, -0.05) is 30.3 Å². The average Bonchev–Trinajstić information content (AvgIpc) is 3.21. The molecule has 1 amide bonds. The summed E-state index contributed by atoms with van der Waals surface area (Å²) in [6.07, 6.45) is 2.29. The van der Waals surface area contributed by atoms with Crippen molar-refractivity contribution in [2.24, 2.45) is 0 Å². The van der Waals surface area contributed by atoms with E-state index in [1.165, 1.54) is 0 Å². The van der Waals surface area contributed by atoms with Crippen LogP contribution in [0.15, 0.2) is 30.3 Å². The number of amides is 1. The van der Waals surface area contributed by atoms with Gasteiger partial charge in [-0.3, -0.25) is 9.69 Å². The first-order valence-corrected chi connectivity index (χ1v) is 6.45. The molecule has 1 aliphatic rings. The van der Waals surface area contributed by atoms with E-state index in [4.69, 9.17) is 5.11 Å². The Kier molecular flexibility index (Phi) is 4.73. The highest BCUT2D eigenvalue weighted by molar-refractivity contribution is 5.78. The van der Waals surface area contributed by atoms with Gasteiger partial charge in [-0.2, -0.15) is 0 Å². The molecule has 18 heavy (non-hydrogen) atoms. The van der Waals surface area contributed by atoms with E-state index in [1.807, 2.05) is 30.3 Å². The zero-order valence-corrected chi connectivity index (χ0v) is 10.5. The molecule has 1 saturated carbocycles. The molecule has 0 aliphatic heterocycles. The SMILES string of the molecule is O=C(CN(CCO)C1CC1)NCc1ccccc1. The lowest BCUT2D eigenvalue weighted by Crippen LogP contribution is -2.39. The molecule has 2 N–H and O–H groups in total. The summed E-state index contributed by atoms with van der Waals surface area (Å²) in [6, 6.07) is 10.4. The summed E-state index contributed by atoms with van der Waals surface area (Å²) < 4.78 is 0. The van der Waals surface area contributed by atoms with Crippen LogP contribution in [-0.4, -0.2) is 41.7 Å². The maximum Gasteiger partial charge on any atom is 0.234 e. The van der Waals surface area contributed by atoms with Crippen molar-refractivity contribution in [2.75, 3.05) is 19.7 Å². The highest BCUT2D eigenvalue weighted by Crippen LogP contribution is 2.25. The van der Waals surface area contributed by atoms with Crippen molar-refractivity contribution in [3.8, 4) is 0 Å². The third-order valence-electron chi connectivity index (χ3n) is 3.13. The maximum atomic E-state index is 11.8. The predicted octanol–water partition coefficient (Wildman–Crippen LogP) is 0.759. The van der Waals surface area contributed by atoms with Gasteiger partial charge >= 0.3 is 0 Å². The first kappa shape index (κ1) is 13.1. The van der Waals surface area contributed by atoms with Gasteiger partial charge in [0.25, 0.3) is 0 Å². The summed E-state index contributed by atoms with van der Waals surface area (Å²) in [5.41, 5.74) is 1.10. The smallest absolute Gasteiger partial charge is 0.234 e. The maximum absolute atomic E-state index is 11.8. The largest absolute Gasteiger partial charge is 0.395 e. The fraction of sp³-hybridized carbons (Fsp3) is 0.500. The van der Waals surface area contributed by atoms with E-state index < -0.39 is 0 Å². The van der Waals surface area contributed by atoms with E-state index in [2.05, 4.69) is 10.2 Å². The van der Waals surface area contributed by atoms with Gasteiger partial charge < -0.3 is 10.4 Å². The van der Waals surface area contributed by atoms with Crippen molar-refractivity contribution < 1.29 is 9.90 Å². The third-order valence-corrected chi connectivity index (χ3v) is 3.13. The van der Waals surface area contributed by atoms with Crippen molar-refractivity contribution in [1.82, 2.24) is 10.2 Å². The Balaban J connectivity index is 1.74. The minimum atomic E-state index is 0.0270. The number of nitrogens with one attached hydrogen (secondary N) is 1. The van der Waals surface area contributed by atoms with Crippen molar-refractivity contribution in [2.45, 2.75) is 25.4 Å². The lowest BCUT2D eigenvalue weighted by Gasteiger charge is -2.20. The minimum absolute atomic E-state index is 0.0270. The van der Waals surface area contributed by atoms with Crippen molar-refractivity contribution >= 4 is 5.91 Å². The fourth-order valence-electron chi connectivity index (χ4n) is 2.00. The molecule has 0 spiro atoms. The van der Waals surface area contributed by atoms with Gasteiger partial charge in [0, 0.05) is 19.1 Å². The molecule has 0 aromatic heterocycles. The van der Waals surface area contributed by atoms with E-state index in [1.54, 1.807) is 0 Å². The van der Waals surface area contributed by atoms with Crippen molar-refractivity contribution in [3.05, 3.63) is 35.9 Å². The number of rotatable bonds is 7. The summed E-state index contributed by atoms with van der Waals surface area (Å²) in [5, 5.41) is 11.9. The second-order valence-electron chi connectivity index (χ2n) is 4.69. The molecule has 4 nitrogen and oxygen atoms in total. The Morgan fingerprint density at radius 2 is 2.06 bits per heavy atom. The summed E-state index contributed by atoms with van der Waals surface area (Å²) in [7, 11) is 0. The summed E-state index contributed by atoms with van der Waals surface area (Å²) >= 11 is 0. The molecule has 0 heterocycles. The van der Waals surface area contributed by atoms with Crippen LogP contribution in [0.5, 0.6) is 0 Å². The Labute approximate surface area is 108 Å². The summed E-state index contributed by atoms with van der Waals surface area (Å²) in [6.45, 7) is 1.65. The Morgan fingerprint density at radius 1 is 1.33 bits per heavy atom. The molecule has 98 valence electrons. The van der Waals surface area contributed by atoms with Crippen LogP contribution in [0.25, 0.3) is 0 Å².